The van der Waals surface area contributed by atoms with Crippen molar-refractivity contribution in [2.45, 2.75) is 39.7 Å². The van der Waals surface area contributed by atoms with Crippen molar-refractivity contribution in [3.05, 3.63) is 41.5 Å². The minimum Gasteiger partial charge on any atom is -0.368 e. The first-order valence-corrected chi connectivity index (χ1v) is 10.5. The third-order valence-electron chi connectivity index (χ3n) is 6.79. The number of benzene rings is 1. The molecule has 2 saturated heterocycles. The number of nitrogens with zero attached hydrogens (tertiary/aromatic N) is 3. The van der Waals surface area contributed by atoms with Crippen LogP contribution in [0.4, 0.5) is 5.69 Å². The van der Waals surface area contributed by atoms with E-state index in [0.29, 0.717) is 25.9 Å². The van der Waals surface area contributed by atoms with Gasteiger partial charge in [-0.25, -0.2) is 0 Å². The molecule has 3 aliphatic rings. The molecule has 0 aromatic heterocycles. The molecule has 6 heteroatoms. The molecule has 0 spiro atoms. The average molecular weight is 396 g/mol. The fourth-order valence-corrected chi connectivity index (χ4v) is 4.83. The standard InChI is InChI=1S/C23H29N3O3/c1-15-7-6-10-20(16(15)2)24-11-13-25(14-12-24)21(27)17(3)26-22(28)18-8-4-5-9-19(18)23(26)29/h4-7,10,17-19H,8-9,11-14H2,1-3H3/t17-,18?,19?/m0/s1. The van der Waals surface area contributed by atoms with Crippen LogP contribution in [0.2, 0.25) is 0 Å². The van der Waals surface area contributed by atoms with E-state index in [9.17, 15) is 14.4 Å². The average Bonchev–Trinajstić information content (AvgIpc) is 3.00. The Balaban J connectivity index is 1.41. The molecule has 1 aromatic carbocycles. The molecule has 2 aliphatic heterocycles. The fraction of sp³-hybridized carbons (Fsp3) is 0.522. The zero-order valence-electron chi connectivity index (χ0n) is 17.4. The first-order chi connectivity index (χ1) is 13.9. The van der Waals surface area contributed by atoms with Crippen molar-refractivity contribution in [3.63, 3.8) is 0 Å². The summed E-state index contributed by atoms with van der Waals surface area (Å²) in [6.45, 7) is 8.63. The molecular formula is C23H29N3O3. The third kappa shape index (κ3) is 3.34. The largest absolute Gasteiger partial charge is 0.368 e. The fourth-order valence-electron chi connectivity index (χ4n) is 4.83. The maximum absolute atomic E-state index is 13.1. The van der Waals surface area contributed by atoms with Crippen molar-refractivity contribution in [1.82, 2.24) is 9.80 Å². The molecule has 2 unspecified atom stereocenters. The van der Waals surface area contributed by atoms with Crippen molar-refractivity contribution in [3.8, 4) is 0 Å². The van der Waals surface area contributed by atoms with Gasteiger partial charge >= 0.3 is 0 Å². The first-order valence-electron chi connectivity index (χ1n) is 10.5. The molecule has 1 aliphatic carbocycles. The second-order valence-electron chi connectivity index (χ2n) is 8.41. The molecule has 154 valence electrons. The van der Waals surface area contributed by atoms with Crippen LogP contribution in [0.25, 0.3) is 0 Å². The second kappa shape index (κ2) is 7.65. The molecule has 0 radical (unpaired) electrons. The summed E-state index contributed by atoms with van der Waals surface area (Å²) >= 11 is 0. The van der Waals surface area contributed by atoms with Gasteiger partial charge in [-0.3, -0.25) is 19.3 Å². The van der Waals surface area contributed by atoms with Gasteiger partial charge in [0.2, 0.25) is 17.7 Å². The molecule has 2 heterocycles. The molecule has 4 rings (SSSR count). The lowest BCUT2D eigenvalue weighted by Crippen LogP contribution is -2.55. The van der Waals surface area contributed by atoms with E-state index in [1.54, 1.807) is 11.8 Å². The number of allylic oxidation sites excluding steroid dienone is 2. The van der Waals surface area contributed by atoms with Crippen LogP contribution in [0.1, 0.15) is 30.9 Å². The Kier molecular flexibility index (Phi) is 5.19. The maximum Gasteiger partial charge on any atom is 0.245 e. The molecule has 2 fully saturated rings. The lowest BCUT2D eigenvalue weighted by molar-refractivity contribution is -0.151. The van der Waals surface area contributed by atoms with Crippen molar-refractivity contribution in [1.29, 1.82) is 0 Å². The maximum atomic E-state index is 13.1. The number of aryl methyl sites for hydroxylation is 1. The molecule has 3 amide bonds. The monoisotopic (exact) mass is 395 g/mol. The van der Waals surface area contributed by atoms with Crippen molar-refractivity contribution < 1.29 is 14.4 Å². The Hall–Kier alpha value is -2.63. The number of rotatable bonds is 3. The van der Waals surface area contributed by atoms with Gasteiger partial charge in [-0.05, 0) is 50.8 Å². The molecule has 6 nitrogen and oxygen atoms in total. The number of piperazine rings is 1. The van der Waals surface area contributed by atoms with Crippen LogP contribution < -0.4 is 4.90 Å². The van der Waals surface area contributed by atoms with Gasteiger partial charge in [0.25, 0.3) is 0 Å². The van der Waals surface area contributed by atoms with Crippen molar-refractivity contribution in [2.24, 2.45) is 11.8 Å². The Bertz CT molecular complexity index is 844. The zero-order chi connectivity index (χ0) is 20.7. The van der Waals surface area contributed by atoms with E-state index in [0.717, 1.165) is 13.1 Å². The highest BCUT2D eigenvalue weighted by molar-refractivity contribution is 6.08. The van der Waals surface area contributed by atoms with Crippen molar-refractivity contribution >= 4 is 23.4 Å². The second-order valence-corrected chi connectivity index (χ2v) is 8.41. The number of carbonyl (C=O) groups excluding carboxylic acids is 3. The summed E-state index contributed by atoms with van der Waals surface area (Å²) in [6, 6.07) is 5.57. The summed E-state index contributed by atoms with van der Waals surface area (Å²) in [4.78, 5) is 44.0. The van der Waals surface area contributed by atoms with Crippen LogP contribution in [0, 0.1) is 25.7 Å². The van der Waals surface area contributed by atoms with Gasteiger partial charge in [0.05, 0.1) is 11.8 Å². The van der Waals surface area contributed by atoms with E-state index in [-0.39, 0.29) is 29.6 Å². The molecular weight excluding hydrogens is 366 g/mol. The first kappa shape index (κ1) is 19.7. The quantitative estimate of drug-likeness (QED) is 0.582. The van der Waals surface area contributed by atoms with E-state index in [1.807, 2.05) is 12.2 Å². The predicted octanol–water partition coefficient (Wildman–Crippen LogP) is 2.29. The highest BCUT2D eigenvalue weighted by Crippen LogP contribution is 2.36. The van der Waals surface area contributed by atoms with E-state index in [2.05, 4.69) is 36.9 Å². The summed E-state index contributed by atoms with van der Waals surface area (Å²) in [5.41, 5.74) is 3.74. The lowest BCUT2D eigenvalue weighted by Gasteiger charge is -2.38. The highest BCUT2D eigenvalue weighted by atomic mass is 16.2. The number of fused-ring (bicyclic) bond motifs is 1. The topological polar surface area (TPSA) is 60.9 Å². The minimum atomic E-state index is -0.729. The van der Waals surface area contributed by atoms with Crippen LogP contribution in [-0.4, -0.2) is 59.7 Å². The highest BCUT2D eigenvalue weighted by Gasteiger charge is 2.50. The molecule has 0 N–H and O–H groups in total. The van der Waals surface area contributed by atoms with Crippen LogP contribution in [0.3, 0.4) is 0 Å². The van der Waals surface area contributed by atoms with E-state index < -0.39 is 6.04 Å². The number of amides is 3. The molecule has 3 atom stereocenters. The number of hydrogen-bond donors (Lipinski definition) is 0. The Labute approximate surface area is 172 Å². The summed E-state index contributed by atoms with van der Waals surface area (Å²) in [7, 11) is 0. The summed E-state index contributed by atoms with van der Waals surface area (Å²) < 4.78 is 0. The van der Waals surface area contributed by atoms with E-state index >= 15 is 0 Å². The number of anilines is 1. The molecule has 1 aromatic rings. The number of imide groups is 1. The third-order valence-corrected chi connectivity index (χ3v) is 6.79. The van der Waals surface area contributed by atoms with Gasteiger partial charge in [0.15, 0.2) is 0 Å². The zero-order valence-corrected chi connectivity index (χ0v) is 17.4. The predicted molar refractivity (Wildman–Crippen MR) is 111 cm³/mol. The Morgan fingerprint density at radius 3 is 2.14 bits per heavy atom. The van der Waals surface area contributed by atoms with Crippen LogP contribution >= 0.6 is 0 Å². The van der Waals surface area contributed by atoms with Gasteiger partial charge in [-0.15, -0.1) is 0 Å². The Morgan fingerprint density at radius 1 is 0.966 bits per heavy atom. The summed E-state index contributed by atoms with van der Waals surface area (Å²) in [6.07, 6.45) is 5.13. The van der Waals surface area contributed by atoms with Crippen LogP contribution in [0.5, 0.6) is 0 Å². The molecule has 0 bridgehead atoms. The van der Waals surface area contributed by atoms with E-state index in [1.165, 1.54) is 21.7 Å². The van der Waals surface area contributed by atoms with Gasteiger partial charge in [-0.1, -0.05) is 24.3 Å². The normalized spacial score (nSPS) is 25.4. The van der Waals surface area contributed by atoms with Gasteiger partial charge in [-0.2, -0.15) is 0 Å². The number of carbonyl (C=O) groups is 3. The van der Waals surface area contributed by atoms with Crippen LogP contribution in [0.15, 0.2) is 30.4 Å². The van der Waals surface area contributed by atoms with E-state index in [4.69, 9.17) is 0 Å². The van der Waals surface area contributed by atoms with Gasteiger partial charge in [0, 0.05) is 31.9 Å². The van der Waals surface area contributed by atoms with Gasteiger partial charge in [0.1, 0.15) is 6.04 Å². The molecule has 29 heavy (non-hydrogen) atoms. The number of likely N-dealkylation sites (tertiary alicyclic amines) is 1. The lowest BCUT2D eigenvalue weighted by atomic mass is 9.85. The molecule has 0 saturated carbocycles. The smallest absolute Gasteiger partial charge is 0.245 e. The van der Waals surface area contributed by atoms with Crippen LogP contribution in [-0.2, 0) is 14.4 Å². The summed E-state index contributed by atoms with van der Waals surface area (Å²) in [5.74, 6) is -1.06. The summed E-state index contributed by atoms with van der Waals surface area (Å²) in [5, 5.41) is 0. The number of hydrogen-bond acceptors (Lipinski definition) is 4. The Morgan fingerprint density at radius 2 is 1.55 bits per heavy atom. The SMILES string of the molecule is Cc1cccc(N2CCN(C(=O)[C@H](C)N3C(=O)C4CC=CCC4C3=O)CC2)c1C. The van der Waals surface area contributed by atoms with Gasteiger partial charge < -0.3 is 9.80 Å². The van der Waals surface area contributed by atoms with Crippen molar-refractivity contribution in [2.75, 3.05) is 31.1 Å². The minimum absolute atomic E-state index is 0.126.